The predicted octanol–water partition coefficient (Wildman–Crippen LogP) is 2.64. The third-order valence-corrected chi connectivity index (χ3v) is 2.79. The van der Waals surface area contributed by atoms with Gasteiger partial charge in [-0.3, -0.25) is 4.79 Å². The van der Waals surface area contributed by atoms with Crippen molar-refractivity contribution in [2.45, 2.75) is 38.8 Å². The second-order valence-electron chi connectivity index (χ2n) is 4.36. The first-order valence-corrected chi connectivity index (χ1v) is 6.17. The zero-order chi connectivity index (χ0) is 12.8. The van der Waals surface area contributed by atoms with Crippen molar-refractivity contribution >= 4 is 17.5 Å². The number of carbonyl (C=O) groups excluding carboxylic acids is 1. The minimum absolute atomic E-state index is 0.0229. The van der Waals surface area contributed by atoms with Crippen molar-refractivity contribution in [1.82, 2.24) is 5.32 Å². The molecule has 0 heterocycles. The molecule has 0 fully saturated rings. The molecule has 0 radical (unpaired) electrons. The van der Waals surface area contributed by atoms with Gasteiger partial charge in [-0.1, -0.05) is 23.7 Å². The molecular formula is C13H19ClN2O. The minimum Gasteiger partial charge on any atom is -0.350 e. The van der Waals surface area contributed by atoms with Crippen LogP contribution in [0.2, 0.25) is 5.02 Å². The predicted molar refractivity (Wildman–Crippen MR) is 70.9 cm³/mol. The Morgan fingerprint density at radius 3 is 2.76 bits per heavy atom. The Morgan fingerprint density at radius 1 is 1.47 bits per heavy atom. The van der Waals surface area contributed by atoms with Crippen molar-refractivity contribution in [3.8, 4) is 0 Å². The van der Waals surface area contributed by atoms with E-state index in [2.05, 4.69) is 5.32 Å². The third kappa shape index (κ3) is 5.20. The largest absolute Gasteiger partial charge is 0.350 e. The molecule has 2 atom stereocenters. The molecule has 0 aromatic heterocycles. The summed E-state index contributed by atoms with van der Waals surface area (Å²) in [6.07, 6.45) is 1.16. The highest BCUT2D eigenvalue weighted by Crippen LogP contribution is 2.17. The molecule has 3 N–H and O–H groups in total. The Morgan fingerprint density at radius 2 is 2.18 bits per heavy atom. The van der Waals surface area contributed by atoms with Crippen LogP contribution in [0, 0.1) is 0 Å². The van der Waals surface area contributed by atoms with Crippen LogP contribution in [0.5, 0.6) is 0 Å². The van der Waals surface area contributed by atoms with E-state index in [4.69, 9.17) is 17.3 Å². The summed E-state index contributed by atoms with van der Waals surface area (Å²) in [5, 5.41) is 3.61. The van der Waals surface area contributed by atoms with E-state index in [9.17, 15) is 4.79 Å². The van der Waals surface area contributed by atoms with E-state index in [0.717, 1.165) is 5.56 Å². The van der Waals surface area contributed by atoms with Crippen LogP contribution in [0.25, 0.3) is 0 Å². The summed E-state index contributed by atoms with van der Waals surface area (Å²) >= 11 is 5.90. The lowest BCUT2D eigenvalue weighted by Gasteiger charge is -2.15. The van der Waals surface area contributed by atoms with E-state index >= 15 is 0 Å². The average molecular weight is 255 g/mol. The first kappa shape index (κ1) is 14.0. The molecule has 1 amide bonds. The van der Waals surface area contributed by atoms with E-state index < -0.39 is 0 Å². The summed E-state index contributed by atoms with van der Waals surface area (Å²) in [7, 11) is 0. The van der Waals surface area contributed by atoms with E-state index in [1.54, 1.807) is 0 Å². The monoisotopic (exact) mass is 254 g/mol. The molecule has 0 bridgehead atoms. The van der Waals surface area contributed by atoms with Gasteiger partial charge < -0.3 is 11.1 Å². The van der Waals surface area contributed by atoms with Crippen LogP contribution in [-0.4, -0.2) is 11.9 Å². The molecule has 1 rings (SSSR count). The first-order chi connectivity index (χ1) is 7.99. The number of hydrogen-bond donors (Lipinski definition) is 2. The second kappa shape index (κ2) is 6.62. The zero-order valence-electron chi connectivity index (χ0n) is 10.2. The molecule has 2 unspecified atom stereocenters. The standard InChI is InChI=1S/C13H19ClN2O/c1-9(15)6-7-13(17)16-10(2)11-4-3-5-12(14)8-11/h3-5,8-10H,6-7,15H2,1-2H3,(H,16,17). The molecule has 0 aliphatic heterocycles. The van der Waals surface area contributed by atoms with Crippen molar-refractivity contribution in [1.29, 1.82) is 0 Å². The lowest BCUT2D eigenvalue weighted by molar-refractivity contribution is -0.121. The third-order valence-electron chi connectivity index (χ3n) is 2.55. The van der Waals surface area contributed by atoms with Gasteiger partial charge in [-0.25, -0.2) is 0 Å². The molecule has 0 aliphatic rings. The molecule has 0 saturated carbocycles. The Kier molecular flexibility index (Phi) is 5.45. The lowest BCUT2D eigenvalue weighted by atomic mass is 10.1. The van der Waals surface area contributed by atoms with E-state index in [1.165, 1.54) is 0 Å². The first-order valence-electron chi connectivity index (χ1n) is 5.79. The normalized spacial score (nSPS) is 14.1. The Labute approximate surface area is 107 Å². The fourth-order valence-electron chi connectivity index (χ4n) is 1.53. The van der Waals surface area contributed by atoms with Crippen LogP contribution in [0.15, 0.2) is 24.3 Å². The molecule has 1 aromatic rings. The van der Waals surface area contributed by atoms with Crippen molar-refractivity contribution in [2.75, 3.05) is 0 Å². The molecule has 4 heteroatoms. The molecular weight excluding hydrogens is 236 g/mol. The van der Waals surface area contributed by atoms with Crippen molar-refractivity contribution in [2.24, 2.45) is 5.73 Å². The Balaban J connectivity index is 2.48. The number of carbonyl (C=O) groups is 1. The summed E-state index contributed by atoms with van der Waals surface area (Å²) in [6, 6.07) is 7.52. The minimum atomic E-state index is -0.0331. The molecule has 0 aliphatic carbocycles. The maximum absolute atomic E-state index is 11.6. The number of amides is 1. The van der Waals surface area contributed by atoms with Gasteiger partial charge in [-0.15, -0.1) is 0 Å². The number of hydrogen-bond acceptors (Lipinski definition) is 2. The Bertz CT molecular complexity index is 379. The summed E-state index contributed by atoms with van der Waals surface area (Å²) in [4.78, 5) is 11.6. The molecule has 3 nitrogen and oxygen atoms in total. The summed E-state index contributed by atoms with van der Waals surface area (Å²) < 4.78 is 0. The molecule has 1 aromatic carbocycles. The number of nitrogens with one attached hydrogen (secondary N) is 1. The Hall–Kier alpha value is -1.06. The molecule has 0 spiro atoms. The molecule has 94 valence electrons. The van der Waals surface area contributed by atoms with Gasteiger partial charge in [0.1, 0.15) is 0 Å². The quantitative estimate of drug-likeness (QED) is 0.849. The average Bonchev–Trinajstić information content (AvgIpc) is 2.26. The SMILES string of the molecule is CC(N)CCC(=O)NC(C)c1cccc(Cl)c1. The molecule has 0 saturated heterocycles. The van der Waals surface area contributed by atoms with Crippen LogP contribution in [0.3, 0.4) is 0 Å². The summed E-state index contributed by atoms with van der Waals surface area (Å²) in [5.74, 6) is 0.0229. The van der Waals surface area contributed by atoms with Gasteiger partial charge in [0, 0.05) is 17.5 Å². The highest BCUT2D eigenvalue weighted by molar-refractivity contribution is 6.30. The van der Waals surface area contributed by atoms with Crippen LogP contribution in [0.4, 0.5) is 0 Å². The van der Waals surface area contributed by atoms with Gasteiger partial charge in [0.2, 0.25) is 5.91 Å². The van der Waals surface area contributed by atoms with Gasteiger partial charge in [0.25, 0.3) is 0 Å². The number of halogens is 1. The van der Waals surface area contributed by atoms with Crippen molar-refractivity contribution in [3.05, 3.63) is 34.9 Å². The van der Waals surface area contributed by atoms with E-state index in [0.29, 0.717) is 17.9 Å². The van der Waals surface area contributed by atoms with Crippen molar-refractivity contribution in [3.63, 3.8) is 0 Å². The topological polar surface area (TPSA) is 55.1 Å². The van der Waals surface area contributed by atoms with Crippen LogP contribution < -0.4 is 11.1 Å². The zero-order valence-corrected chi connectivity index (χ0v) is 11.0. The van der Waals surface area contributed by atoms with Gasteiger partial charge in [0.05, 0.1) is 6.04 Å². The maximum Gasteiger partial charge on any atom is 0.220 e. The smallest absolute Gasteiger partial charge is 0.220 e. The summed E-state index contributed by atoms with van der Waals surface area (Å²) in [5.41, 5.74) is 6.61. The fourth-order valence-corrected chi connectivity index (χ4v) is 1.73. The number of benzene rings is 1. The second-order valence-corrected chi connectivity index (χ2v) is 4.80. The van der Waals surface area contributed by atoms with Crippen LogP contribution >= 0.6 is 11.6 Å². The lowest BCUT2D eigenvalue weighted by Crippen LogP contribution is -2.28. The van der Waals surface area contributed by atoms with Gasteiger partial charge in [-0.2, -0.15) is 0 Å². The fraction of sp³-hybridized carbons (Fsp3) is 0.462. The van der Waals surface area contributed by atoms with Crippen LogP contribution in [0.1, 0.15) is 38.3 Å². The maximum atomic E-state index is 11.6. The molecule has 17 heavy (non-hydrogen) atoms. The van der Waals surface area contributed by atoms with E-state index in [1.807, 2.05) is 38.1 Å². The van der Waals surface area contributed by atoms with Crippen molar-refractivity contribution < 1.29 is 4.79 Å². The van der Waals surface area contributed by atoms with Gasteiger partial charge >= 0.3 is 0 Å². The number of rotatable bonds is 5. The van der Waals surface area contributed by atoms with Gasteiger partial charge in [-0.05, 0) is 38.0 Å². The highest BCUT2D eigenvalue weighted by atomic mass is 35.5. The van der Waals surface area contributed by atoms with Crippen LogP contribution in [-0.2, 0) is 4.79 Å². The number of nitrogens with two attached hydrogens (primary N) is 1. The van der Waals surface area contributed by atoms with Gasteiger partial charge in [0.15, 0.2) is 0 Å². The highest BCUT2D eigenvalue weighted by Gasteiger charge is 2.10. The van der Waals surface area contributed by atoms with E-state index in [-0.39, 0.29) is 18.0 Å². The summed E-state index contributed by atoms with van der Waals surface area (Å²) in [6.45, 7) is 3.84.